The Morgan fingerprint density at radius 1 is 0.900 bits per heavy atom. The van der Waals surface area contributed by atoms with E-state index in [2.05, 4.69) is 8.37 Å². The van der Waals surface area contributed by atoms with E-state index < -0.39 is 50.4 Å². The fraction of sp³-hybridized carbons (Fsp3) is 1.00. The van der Waals surface area contributed by atoms with Crippen LogP contribution in [0.2, 0.25) is 0 Å². The fourth-order valence-corrected chi connectivity index (χ4v) is 1.80. The van der Waals surface area contributed by atoms with Crippen molar-refractivity contribution in [2.24, 2.45) is 0 Å². The van der Waals surface area contributed by atoms with Crippen LogP contribution in [0.4, 0.5) is 26.3 Å². The van der Waals surface area contributed by atoms with Crippen LogP contribution in [0.1, 0.15) is 13.3 Å². The third kappa shape index (κ3) is 5.41. The first-order chi connectivity index (χ1) is 8.60. The SMILES string of the molecule is C[C@H](CCOS(=O)(=O)C(F)(F)F)OS(=O)(=O)C(F)(F)F. The molecule has 1 atom stereocenters. The summed E-state index contributed by atoms with van der Waals surface area (Å²) in [6, 6.07) is 0. The van der Waals surface area contributed by atoms with Gasteiger partial charge in [-0.05, 0) is 13.3 Å². The highest BCUT2D eigenvalue weighted by molar-refractivity contribution is 7.87. The summed E-state index contributed by atoms with van der Waals surface area (Å²) in [6.45, 7) is -0.413. The lowest BCUT2D eigenvalue weighted by Crippen LogP contribution is -2.30. The third-order valence-electron chi connectivity index (χ3n) is 1.62. The zero-order chi connectivity index (χ0) is 16.4. The minimum absolute atomic E-state index is 0.785. The number of hydrogen-bond acceptors (Lipinski definition) is 6. The normalized spacial score (nSPS) is 16.1. The summed E-state index contributed by atoms with van der Waals surface area (Å²) in [7, 11) is -11.8. The van der Waals surface area contributed by atoms with Crippen LogP contribution in [0.5, 0.6) is 0 Å². The van der Waals surface area contributed by atoms with Gasteiger partial charge in [0, 0.05) is 0 Å². The molecule has 0 rings (SSSR count). The van der Waals surface area contributed by atoms with E-state index >= 15 is 0 Å². The molecule has 6 nitrogen and oxygen atoms in total. The summed E-state index contributed by atoms with van der Waals surface area (Å²) in [6.07, 6.45) is -2.56. The van der Waals surface area contributed by atoms with E-state index in [0.717, 1.165) is 6.92 Å². The maximum absolute atomic E-state index is 11.9. The first-order valence-electron chi connectivity index (χ1n) is 4.55. The molecule has 0 aliphatic carbocycles. The van der Waals surface area contributed by atoms with Crippen LogP contribution in [0, 0.1) is 0 Å². The molecule has 0 saturated heterocycles. The smallest absolute Gasteiger partial charge is 0.263 e. The molecular formula is C6H8F6O6S2. The lowest BCUT2D eigenvalue weighted by molar-refractivity contribution is -0.0584. The largest absolute Gasteiger partial charge is 0.523 e. The average molecular weight is 354 g/mol. The predicted molar refractivity (Wildman–Crippen MR) is 51.1 cm³/mol. The maximum atomic E-state index is 11.9. The lowest BCUT2D eigenvalue weighted by Gasteiger charge is -2.14. The highest BCUT2D eigenvalue weighted by Gasteiger charge is 2.49. The van der Waals surface area contributed by atoms with Crippen LogP contribution in [-0.4, -0.2) is 40.6 Å². The van der Waals surface area contributed by atoms with Crippen molar-refractivity contribution in [3.63, 3.8) is 0 Å². The Balaban J connectivity index is 4.45. The summed E-state index contributed by atoms with van der Waals surface area (Å²) in [4.78, 5) is 0. The highest BCUT2D eigenvalue weighted by atomic mass is 32.2. The van der Waals surface area contributed by atoms with Crippen molar-refractivity contribution in [3.8, 4) is 0 Å². The molecule has 0 fully saturated rings. The molecule has 122 valence electrons. The van der Waals surface area contributed by atoms with Crippen LogP contribution in [0.3, 0.4) is 0 Å². The molecule has 0 aliphatic rings. The number of hydrogen-bond donors (Lipinski definition) is 0. The summed E-state index contributed by atoms with van der Waals surface area (Å²) >= 11 is 0. The van der Waals surface area contributed by atoms with Crippen LogP contribution >= 0.6 is 0 Å². The highest BCUT2D eigenvalue weighted by Crippen LogP contribution is 2.27. The molecule has 0 aromatic heterocycles. The minimum atomic E-state index is -5.92. The van der Waals surface area contributed by atoms with Gasteiger partial charge in [0.2, 0.25) is 0 Å². The van der Waals surface area contributed by atoms with Crippen LogP contribution < -0.4 is 0 Å². The van der Waals surface area contributed by atoms with Gasteiger partial charge in [0.15, 0.2) is 0 Å². The Morgan fingerprint density at radius 3 is 1.65 bits per heavy atom. The molecule has 14 heteroatoms. The van der Waals surface area contributed by atoms with Gasteiger partial charge >= 0.3 is 31.3 Å². The second-order valence-electron chi connectivity index (χ2n) is 3.32. The molecular weight excluding hydrogens is 346 g/mol. The summed E-state index contributed by atoms with van der Waals surface area (Å²) < 4.78 is 120. The van der Waals surface area contributed by atoms with Gasteiger partial charge in [-0.3, -0.25) is 8.37 Å². The van der Waals surface area contributed by atoms with Gasteiger partial charge in [-0.25, -0.2) is 0 Å². The van der Waals surface area contributed by atoms with Gasteiger partial charge in [-0.1, -0.05) is 0 Å². The van der Waals surface area contributed by atoms with E-state index in [9.17, 15) is 43.2 Å². The Kier molecular flexibility index (Phi) is 5.85. The van der Waals surface area contributed by atoms with Gasteiger partial charge < -0.3 is 0 Å². The van der Waals surface area contributed by atoms with Crippen molar-refractivity contribution in [1.82, 2.24) is 0 Å². The Morgan fingerprint density at radius 2 is 1.30 bits per heavy atom. The minimum Gasteiger partial charge on any atom is -0.263 e. The van der Waals surface area contributed by atoms with Crippen molar-refractivity contribution in [2.75, 3.05) is 6.61 Å². The van der Waals surface area contributed by atoms with Crippen LogP contribution in [0.25, 0.3) is 0 Å². The Hall–Kier alpha value is -0.600. The van der Waals surface area contributed by atoms with E-state index in [1.165, 1.54) is 0 Å². The molecule has 0 aromatic rings. The zero-order valence-corrected chi connectivity index (χ0v) is 11.2. The van der Waals surface area contributed by atoms with E-state index in [0.29, 0.717) is 0 Å². The molecule has 20 heavy (non-hydrogen) atoms. The Labute approximate surface area is 109 Å². The van der Waals surface area contributed by atoms with Gasteiger partial charge in [-0.15, -0.1) is 0 Å². The monoisotopic (exact) mass is 354 g/mol. The quantitative estimate of drug-likeness (QED) is 0.408. The van der Waals surface area contributed by atoms with Crippen LogP contribution in [-0.2, 0) is 28.6 Å². The summed E-state index contributed by atoms with van der Waals surface area (Å²) in [5.41, 5.74) is -11.4. The third-order valence-corrected chi connectivity index (χ3v) is 3.81. The summed E-state index contributed by atoms with van der Waals surface area (Å²) in [5.74, 6) is 0. The van der Waals surface area contributed by atoms with Crippen molar-refractivity contribution in [3.05, 3.63) is 0 Å². The van der Waals surface area contributed by atoms with Gasteiger partial charge in [-0.2, -0.15) is 43.2 Å². The predicted octanol–water partition coefficient (Wildman–Crippen LogP) is 1.50. The van der Waals surface area contributed by atoms with E-state index in [4.69, 9.17) is 0 Å². The van der Waals surface area contributed by atoms with Crippen molar-refractivity contribution >= 4 is 20.2 Å². The number of rotatable bonds is 6. The second-order valence-corrected chi connectivity index (χ2v) is 6.49. The van der Waals surface area contributed by atoms with E-state index in [-0.39, 0.29) is 0 Å². The molecule has 0 aromatic carbocycles. The average Bonchev–Trinajstić information content (AvgIpc) is 2.12. The maximum Gasteiger partial charge on any atom is 0.523 e. The van der Waals surface area contributed by atoms with Gasteiger partial charge in [0.25, 0.3) is 0 Å². The second kappa shape index (κ2) is 6.03. The molecule has 0 radical (unpaired) electrons. The molecule has 0 bridgehead atoms. The number of halogens is 6. The molecule has 0 amide bonds. The molecule has 0 unspecified atom stereocenters. The molecule has 0 heterocycles. The van der Waals surface area contributed by atoms with Gasteiger partial charge in [0.1, 0.15) is 0 Å². The molecule has 0 spiro atoms. The van der Waals surface area contributed by atoms with E-state index in [1.807, 2.05) is 0 Å². The van der Waals surface area contributed by atoms with Gasteiger partial charge in [0.05, 0.1) is 12.7 Å². The fourth-order valence-electron chi connectivity index (χ4n) is 0.710. The lowest BCUT2D eigenvalue weighted by atomic mass is 10.3. The standard InChI is InChI=1S/C6H8F6O6S2/c1-4(18-20(15,16)6(10,11)12)2-3-17-19(13,14)5(7,8)9/h4H,2-3H2,1H3/t4-/m1/s1. The van der Waals surface area contributed by atoms with Crippen molar-refractivity contribution in [1.29, 1.82) is 0 Å². The Bertz CT molecular complexity index is 517. The molecule has 0 aliphatic heterocycles. The van der Waals surface area contributed by atoms with Crippen LogP contribution in [0.15, 0.2) is 0 Å². The van der Waals surface area contributed by atoms with Crippen molar-refractivity contribution in [2.45, 2.75) is 30.5 Å². The molecule has 0 N–H and O–H groups in total. The topological polar surface area (TPSA) is 86.7 Å². The molecule has 0 saturated carbocycles. The first-order valence-corrected chi connectivity index (χ1v) is 7.37. The zero-order valence-electron chi connectivity index (χ0n) is 9.53. The van der Waals surface area contributed by atoms with Crippen molar-refractivity contribution < 1.29 is 51.5 Å². The number of alkyl halides is 6. The first kappa shape index (κ1) is 19.4. The summed E-state index contributed by atoms with van der Waals surface area (Å²) in [5, 5.41) is 0. The van der Waals surface area contributed by atoms with E-state index in [1.54, 1.807) is 0 Å².